The number of rotatable bonds is 8. The minimum absolute atomic E-state index is 0.162. The minimum Gasteiger partial charge on any atom is -0.393 e. The largest absolute Gasteiger partial charge is 0.393 e. The fourth-order valence-corrected chi connectivity index (χ4v) is 4.32. The number of nitrogens with zero attached hydrogens (tertiary/aromatic N) is 3. The van der Waals surface area contributed by atoms with E-state index < -0.39 is 0 Å². The fraction of sp³-hybridized carbons (Fsp3) is 0.500. The summed E-state index contributed by atoms with van der Waals surface area (Å²) in [6, 6.07) is 10.5. The van der Waals surface area contributed by atoms with Gasteiger partial charge in [0.25, 0.3) is 0 Å². The van der Waals surface area contributed by atoms with Crippen molar-refractivity contribution in [2.75, 3.05) is 11.9 Å². The number of fused-ring (bicyclic) bond motifs is 1. The van der Waals surface area contributed by atoms with Crippen molar-refractivity contribution < 1.29 is 5.11 Å². The van der Waals surface area contributed by atoms with Gasteiger partial charge in [0.1, 0.15) is 12.1 Å². The van der Waals surface area contributed by atoms with Crippen LogP contribution in [0, 0.1) is 11.8 Å². The summed E-state index contributed by atoms with van der Waals surface area (Å²) in [7, 11) is 0. The van der Waals surface area contributed by atoms with Gasteiger partial charge in [0.05, 0.1) is 17.7 Å². The zero-order chi connectivity index (χ0) is 19.2. The molecule has 1 aliphatic rings. The molecular weight excluding hydrogens is 350 g/mol. The summed E-state index contributed by atoms with van der Waals surface area (Å²) in [5.74, 6) is 1.93. The minimum atomic E-state index is -0.162. The van der Waals surface area contributed by atoms with E-state index in [1.54, 1.807) is 12.5 Å². The molecule has 0 spiro atoms. The maximum absolute atomic E-state index is 10.6. The Balaban J connectivity index is 1.18. The number of anilines is 1. The predicted octanol–water partition coefficient (Wildman–Crippen LogP) is 3.96. The van der Waals surface area contributed by atoms with Gasteiger partial charge >= 0.3 is 0 Å². The number of hydrogen-bond acceptors (Lipinski definition) is 5. The molecule has 0 bridgehead atoms. The van der Waals surface area contributed by atoms with Gasteiger partial charge in [-0.25, -0.2) is 9.97 Å². The summed E-state index contributed by atoms with van der Waals surface area (Å²) in [6.07, 6.45) is 10.7. The Morgan fingerprint density at radius 3 is 2.75 bits per heavy atom. The van der Waals surface area contributed by atoms with Crippen LogP contribution in [-0.2, 0) is 6.42 Å². The van der Waals surface area contributed by atoms with Crippen LogP contribution < -0.4 is 5.32 Å². The fourth-order valence-electron chi connectivity index (χ4n) is 4.32. The van der Waals surface area contributed by atoms with Crippen LogP contribution in [0.4, 0.5) is 5.82 Å². The first-order valence-electron chi connectivity index (χ1n) is 10.4. The predicted molar refractivity (Wildman–Crippen MR) is 111 cm³/mol. The highest BCUT2D eigenvalue weighted by Crippen LogP contribution is 2.32. The van der Waals surface area contributed by atoms with Crippen molar-refractivity contribution in [3.8, 4) is 0 Å². The highest BCUT2D eigenvalue weighted by atomic mass is 16.3. The molecule has 1 atom stereocenters. The number of aromatic amines is 1. The first-order valence-corrected chi connectivity index (χ1v) is 10.4. The number of aryl methyl sites for hydroxylation is 1. The Morgan fingerprint density at radius 1 is 1.11 bits per heavy atom. The molecular formula is C22H29N5O. The van der Waals surface area contributed by atoms with E-state index in [1.165, 1.54) is 5.56 Å². The Hall–Kier alpha value is -2.47. The van der Waals surface area contributed by atoms with Crippen LogP contribution in [0.2, 0.25) is 0 Å². The quantitative estimate of drug-likeness (QED) is 0.551. The number of aliphatic hydroxyl groups is 1. The summed E-state index contributed by atoms with van der Waals surface area (Å²) in [4.78, 5) is 8.52. The van der Waals surface area contributed by atoms with E-state index in [-0.39, 0.29) is 6.10 Å². The lowest BCUT2D eigenvalue weighted by atomic mass is 9.78. The van der Waals surface area contributed by atoms with Crippen LogP contribution in [-0.4, -0.2) is 37.9 Å². The highest BCUT2D eigenvalue weighted by molar-refractivity contribution is 5.85. The lowest BCUT2D eigenvalue weighted by molar-refractivity contribution is 0.0666. The van der Waals surface area contributed by atoms with Crippen molar-refractivity contribution in [1.29, 1.82) is 0 Å². The van der Waals surface area contributed by atoms with Crippen molar-refractivity contribution in [3.63, 3.8) is 0 Å². The highest BCUT2D eigenvalue weighted by Gasteiger charge is 2.26. The van der Waals surface area contributed by atoms with E-state index in [4.69, 9.17) is 0 Å². The molecule has 0 amide bonds. The first kappa shape index (κ1) is 18.9. The zero-order valence-corrected chi connectivity index (χ0v) is 16.2. The van der Waals surface area contributed by atoms with Crippen LogP contribution in [0.25, 0.3) is 11.0 Å². The van der Waals surface area contributed by atoms with E-state index in [1.807, 2.05) is 6.07 Å². The number of benzene rings is 1. The SMILES string of the molecule is O[C@@H](CCCc1ccccc1)C1CCC(CNc2ncnc3[nH]ncc23)CC1. The standard InChI is InChI=1S/C22H29N5O/c28-20(8-4-7-16-5-2-1-3-6-16)18-11-9-17(10-12-18)13-23-21-19-14-26-27-22(19)25-15-24-21/h1-3,5-6,14-15,17-18,20,28H,4,7-13H2,(H2,23,24,25,26,27)/t17?,18?,20-/m0/s1. The first-order chi connectivity index (χ1) is 13.8. The van der Waals surface area contributed by atoms with Crippen molar-refractivity contribution in [3.05, 3.63) is 48.4 Å². The van der Waals surface area contributed by atoms with Gasteiger partial charge in [0, 0.05) is 6.54 Å². The average Bonchev–Trinajstić information content (AvgIpc) is 3.23. The molecule has 6 nitrogen and oxygen atoms in total. The Bertz CT molecular complexity index is 858. The molecule has 0 unspecified atom stereocenters. The van der Waals surface area contributed by atoms with Gasteiger partial charge in [-0.1, -0.05) is 30.3 Å². The summed E-state index contributed by atoms with van der Waals surface area (Å²) in [5.41, 5.74) is 2.13. The lowest BCUT2D eigenvalue weighted by Gasteiger charge is -2.31. The van der Waals surface area contributed by atoms with Crippen LogP contribution in [0.15, 0.2) is 42.9 Å². The molecule has 0 saturated heterocycles. The van der Waals surface area contributed by atoms with Crippen molar-refractivity contribution in [1.82, 2.24) is 20.2 Å². The van der Waals surface area contributed by atoms with E-state index in [9.17, 15) is 5.11 Å². The maximum atomic E-state index is 10.6. The molecule has 1 saturated carbocycles. The van der Waals surface area contributed by atoms with Gasteiger partial charge < -0.3 is 10.4 Å². The summed E-state index contributed by atoms with van der Waals surface area (Å²) >= 11 is 0. The smallest absolute Gasteiger partial charge is 0.160 e. The number of aliphatic hydroxyl groups excluding tert-OH is 1. The van der Waals surface area contributed by atoms with Gasteiger partial charge in [0.2, 0.25) is 0 Å². The molecule has 3 aromatic rings. The molecule has 2 aromatic heterocycles. The number of aromatic nitrogens is 4. The van der Waals surface area contributed by atoms with E-state index in [0.29, 0.717) is 11.8 Å². The third-order valence-corrected chi connectivity index (χ3v) is 6.05. The molecule has 0 aliphatic heterocycles. The van der Waals surface area contributed by atoms with E-state index in [2.05, 4.69) is 49.7 Å². The summed E-state index contributed by atoms with van der Waals surface area (Å²) in [5, 5.41) is 21.9. The topological polar surface area (TPSA) is 86.7 Å². The van der Waals surface area contributed by atoms with Gasteiger partial charge in [-0.15, -0.1) is 0 Å². The molecule has 1 aliphatic carbocycles. The molecule has 1 fully saturated rings. The summed E-state index contributed by atoms with van der Waals surface area (Å²) in [6.45, 7) is 0.911. The van der Waals surface area contributed by atoms with E-state index >= 15 is 0 Å². The second kappa shape index (κ2) is 9.15. The van der Waals surface area contributed by atoms with Crippen LogP contribution in [0.3, 0.4) is 0 Å². The lowest BCUT2D eigenvalue weighted by Crippen LogP contribution is -2.28. The maximum Gasteiger partial charge on any atom is 0.160 e. The van der Waals surface area contributed by atoms with Crippen molar-refractivity contribution in [2.24, 2.45) is 11.8 Å². The Kier molecular flexibility index (Phi) is 6.17. The number of nitrogens with one attached hydrogen (secondary N) is 2. The third-order valence-electron chi connectivity index (χ3n) is 6.05. The molecule has 1 aromatic carbocycles. The van der Waals surface area contributed by atoms with Gasteiger partial charge in [0.15, 0.2) is 5.65 Å². The number of H-pyrrole nitrogens is 1. The van der Waals surface area contributed by atoms with Crippen LogP contribution in [0.1, 0.15) is 44.1 Å². The average molecular weight is 380 g/mol. The molecule has 4 rings (SSSR count). The molecule has 28 heavy (non-hydrogen) atoms. The van der Waals surface area contributed by atoms with Crippen LogP contribution in [0.5, 0.6) is 0 Å². The number of hydrogen-bond donors (Lipinski definition) is 3. The Labute approximate surface area is 165 Å². The van der Waals surface area contributed by atoms with Crippen molar-refractivity contribution >= 4 is 16.9 Å². The molecule has 6 heteroatoms. The van der Waals surface area contributed by atoms with Gasteiger partial charge in [-0.3, -0.25) is 5.10 Å². The van der Waals surface area contributed by atoms with Crippen LogP contribution >= 0.6 is 0 Å². The molecule has 3 N–H and O–H groups in total. The third kappa shape index (κ3) is 4.68. The van der Waals surface area contributed by atoms with Gasteiger partial charge in [-0.05, 0) is 62.3 Å². The summed E-state index contributed by atoms with van der Waals surface area (Å²) < 4.78 is 0. The molecule has 148 valence electrons. The van der Waals surface area contributed by atoms with Crippen molar-refractivity contribution in [2.45, 2.75) is 51.0 Å². The van der Waals surface area contributed by atoms with E-state index in [0.717, 1.165) is 68.3 Å². The Morgan fingerprint density at radius 2 is 1.93 bits per heavy atom. The normalized spacial score (nSPS) is 20.9. The second-order valence-electron chi connectivity index (χ2n) is 7.96. The monoisotopic (exact) mass is 379 g/mol. The molecule has 2 heterocycles. The molecule has 0 radical (unpaired) electrons. The van der Waals surface area contributed by atoms with Gasteiger partial charge in [-0.2, -0.15) is 5.10 Å². The second-order valence-corrected chi connectivity index (χ2v) is 7.96. The zero-order valence-electron chi connectivity index (χ0n) is 16.2.